The number of hydrogen-bond acceptors (Lipinski definition) is 2. The highest BCUT2D eigenvalue weighted by atomic mass is 79.9. The van der Waals surface area contributed by atoms with Gasteiger partial charge in [0.05, 0.1) is 5.56 Å². The molecule has 2 aromatic rings. The highest BCUT2D eigenvalue weighted by molar-refractivity contribution is 9.10. The van der Waals surface area contributed by atoms with Crippen LogP contribution in [0.4, 0.5) is 8.78 Å². The average molecular weight is 327 g/mol. The van der Waals surface area contributed by atoms with Gasteiger partial charge in [0.15, 0.2) is 11.6 Å². The Morgan fingerprint density at radius 1 is 1.11 bits per heavy atom. The number of benzene rings is 2. The minimum Gasteiger partial charge on any atom is -0.453 e. The molecule has 19 heavy (non-hydrogen) atoms. The average Bonchev–Trinajstić information content (AvgIpc) is 2.32. The van der Waals surface area contributed by atoms with Crippen LogP contribution in [0.25, 0.3) is 0 Å². The van der Waals surface area contributed by atoms with Crippen LogP contribution >= 0.6 is 15.9 Å². The quantitative estimate of drug-likeness (QED) is 0.665. The Morgan fingerprint density at radius 2 is 1.84 bits per heavy atom. The van der Waals surface area contributed by atoms with Gasteiger partial charge in [0.25, 0.3) is 0 Å². The summed E-state index contributed by atoms with van der Waals surface area (Å²) in [5.41, 5.74) is 5.74. The molecule has 0 unspecified atom stereocenters. The van der Waals surface area contributed by atoms with E-state index in [1.54, 1.807) is 18.2 Å². The topological polar surface area (TPSA) is 59.1 Å². The van der Waals surface area contributed by atoms with E-state index in [1.165, 1.54) is 6.07 Å². The van der Waals surface area contributed by atoms with Gasteiger partial charge in [-0.15, -0.1) is 0 Å². The van der Waals surface area contributed by atoms with Gasteiger partial charge >= 0.3 is 0 Å². The second-order valence-electron chi connectivity index (χ2n) is 3.73. The lowest BCUT2D eigenvalue weighted by atomic mass is 10.2. The van der Waals surface area contributed by atoms with Gasteiger partial charge in [-0.25, -0.2) is 8.78 Å². The fourth-order valence-corrected chi connectivity index (χ4v) is 1.82. The van der Waals surface area contributed by atoms with E-state index in [9.17, 15) is 8.78 Å². The van der Waals surface area contributed by atoms with Crippen molar-refractivity contribution in [3.63, 3.8) is 0 Å². The summed E-state index contributed by atoms with van der Waals surface area (Å²) in [6.07, 6.45) is 0. The van der Waals surface area contributed by atoms with Gasteiger partial charge in [0, 0.05) is 10.5 Å². The summed E-state index contributed by atoms with van der Waals surface area (Å²) in [5.74, 6) is -1.64. The summed E-state index contributed by atoms with van der Waals surface area (Å²) >= 11 is 3.24. The van der Waals surface area contributed by atoms with Crippen molar-refractivity contribution >= 4 is 21.8 Å². The van der Waals surface area contributed by atoms with Crippen molar-refractivity contribution in [1.29, 1.82) is 5.41 Å². The van der Waals surface area contributed by atoms with Gasteiger partial charge in [0.2, 0.25) is 0 Å². The molecule has 2 aromatic carbocycles. The maximum Gasteiger partial charge on any atom is 0.168 e. The molecule has 0 radical (unpaired) electrons. The lowest BCUT2D eigenvalue weighted by Crippen LogP contribution is -2.12. The molecule has 2 rings (SSSR count). The van der Waals surface area contributed by atoms with E-state index < -0.39 is 11.6 Å². The molecular formula is C13H9BrF2N2O. The fourth-order valence-electron chi connectivity index (χ4n) is 1.48. The number of amidine groups is 1. The molecule has 0 aliphatic heterocycles. The monoisotopic (exact) mass is 326 g/mol. The number of nitrogens with one attached hydrogen (secondary N) is 1. The van der Waals surface area contributed by atoms with Gasteiger partial charge in [-0.1, -0.05) is 15.9 Å². The number of rotatable bonds is 3. The molecule has 0 saturated carbocycles. The third-order valence-electron chi connectivity index (χ3n) is 2.35. The Balaban J connectivity index is 2.42. The fraction of sp³-hybridized carbons (Fsp3) is 0. The molecule has 6 heteroatoms. The largest absolute Gasteiger partial charge is 0.453 e. The Bertz CT molecular complexity index is 647. The molecule has 0 heterocycles. The van der Waals surface area contributed by atoms with Crippen molar-refractivity contribution in [2.75, 3.05) is 0 Å². The minimum atomic E-state index is -0.825. The van der Waals surface area contributed by atoms with Gasteiger partial charge in [-0.3, -0.25) is 5.41 Å². The van der Waals surface area contributed by atoms with Crippen LogP contribution in [-0.2, 0) is 0 Å². The molecule has 0 fully saturated rings. The summed E-state index contributed by atoms with van der Waals surface area (Å²) in [6.45, 7) is 0. The van der Waals surface area contributed by atoms with Crippen LogP contribution < -0.4 is 10.5 Å². The lowest BCUT2D eigenvalue weighted by Gasteiger charge is -2.11. The van der Waals surface area contributed by atoms with E-state index >= 15 is 0 Å². The van der Waals surface area contributed by atoms with Crippen molar-refractivity contribution in [3.8, 4) is 11.5 Å². The van der Waals surface area contributed by atoms with E-state index in [0.717, 1.165) is 12.1 Å². The van der Waals surface area contributed by atoms with Crippen molar-refractivity contribution < 1.29 is 13.5 Å². The molecule has 0 atom stereocenters. The van der Waals surface area contributed by atoms with Crippen LogP contribution in [-0.4, -0.2) is 5.84 Å². The highest BCUT2D eigenvalue weighted by Crippen LogP contribution is 2.30. The van der Waals surface area contributed by atoms with E-state index in [0.29, 0.717) is 10.0 Å². The zero-order valence-electron chi connectivity index (χ0n) is 9.58. The van der Waals surface area contributed by atoms with Crippen molar-refractivity contribution in [1.82, 2.24) is 0 Å². The number of nitrogens with two attached hydrogens (primary N) is 1. The van der Waals surface area contributed by atoms with Gasteiger partial charge in [0.1, 0.15) is 17.4 Å². The second-order valence-corrected chi connectivity index (χ2v) is 4.65. The van der Waals surface area contributed by atoms with Gasteiger partial charge < -0.3 is 10.5 Å². The Labute approximate surface area is 116 Å². The Hall–Kier alpha value is -1.95. The summed E-state index contributed by atoms with van der Waals surface area (Å²) in [4.78, 5) is 0. The number of ether oxygens (including phenoxy) is 1. The Kier molecular flexibility index (Phi) is 3.80. The predicted molar refractivity (Wildman–Crippen MR) is 71.6 cm³/mol. The maximum absolute atomic E-state index is 13.5. The molecular weight excluding hydrogens is 318 g/mol. The van der Waals surface area contributed by atoms with E-state index in [2.05, 4.69) is 15.9 Å². The van der Waals surface area contributed by atoms with Crippen molar-refractivity contribution in [3.05, 3.63) is 58.1 Å². The summed E-state index contributed by atoms with van der Waals surface area (Å²) in [6, 6.07) is 7.80. The first-order chi connectivity index (χ1) is 8.97. The SMILES string of the molecule is N=C(N)c1ccc(Br)cc1Oc1ccc(F)cc1F. The maximum atomic E-state index is 13.5. The van der Waals surface area contributed by atoms with Crippen molar-refractivity contribution in [2.24, 2.45) is 5.73 Å². The molecule has 0 bridgehead atoms. The van der Waals surface area contributed by atoms with E-state index in [1.807, 2.05) is 0 Å². The van der Waals surface area contributed by atoms with Crippen LogP contribution in [0.2, 0.25) is 0 Å². The molecule has 0 spiro atoms. The highest BCUT2D eigenvalue weighted by Gasteiger charge is 2.11. The molecule has 0 saturated heterocycles. The summed E-state index contributed by atoms with van der Waals surface area (Å²) < 4.78 is 32.3. The molecule has 0 aliphatic carbocycles. The molecule has 3 nitrogen and oxygen atoms in total. The predicted octanol–water partition coefficient (Wildman–Crippen LogP) is 3.80. The summed E-state index contributed by atoms with van der Waals surface area (Å²) in [7, 11) is 0. The number of nitrogen functional groups attached to an aromatic ring is 1. The zero-order chi connectivity index (χ0) is 14.0. The standard InChI is InChI=1S/C13H9BrF2N2O/c14-7-1-3-9(13(17)18)12(5-7)19-11-4-2-8(15)6-10(11)16/h1-6H,(H3,17,18). The number of halogens is 3. The normalized spacial score (nSPS) is 10.3. The van der Waals surface area contributed by atoms with E-state index in [4.69, 9.17) is 15.9 Å². The van der Waals surface area contributed by atoms with Crippen LogP contribution in [0, 0.1) is 17.0 Å². The smallest absolute Gasteiger partial charge is 0.168 e. The summed E-state index contributed by atoms with van der Waals surface area (Å²) in [5, 5.41) is 7.43. The van der Waals surface area contributed by atoms with Crippen LogP contribution in [0.3, 0.4) is 0 Å². The molecule has 98 valence electrons. The van der Waals surface area contributed by atoms with Crippen LogP contribution in [0.1, 0.15) is 5.56 Å². The molecule has 3 N–H and O–H groups in total. The van der Waals surface area contributed by atoms with Crippen molar-refractivity contribution in [2.45, 2.75) is 0 Å². The van der Waals surface area contributed by atoms with Gasteiger partial charge in [-0.2, -0.15) is 0 Å². The molecule has 0 aliphatic rings. The third-order valence-corrected chi connectivity index (χ3v) is 2.84. The van der Waals surface area contributed by atoms with Crippen LogP contribution in [0.15, 0.2) is 40.9 Å². The third kappa shape index (κ3) is 3.08. The first-order valence-corrected chi connectivity index (χ1v) is 6.03. The Morgan fingerprint density at radius 3 is 2.47 bits per heavy atom. The molecule has 0 amide bonds. The number of hydrogen-bond donors (Lipinski definition) is 2. The van der Waals surface area contributed by atoms with E-state index in [-0.39, 0.29) is 17.3 Å². The lowest BCUT2D eigenvalue weighted by molar-refractivity contribution is 0.436. The first kappa shape index (κ1) is 13.5. The van der Waals surface area contributed by atoms with Crippen LogP contribution in [0.5, 0.6) is 11.5 Å². The van der Waals surface area contributed by atoms with Gasteiger partial charge in [-0.05, 0) is 30.3 Å². The second kappa shape index (κ2) is 5.36. The molecule has 0 aromatic heterocycles. The first-order valence-electron chi connectivity index (χ1n) is 5.24. The zero-order valence-corrected chi connectivity index (χ0v) is 11.2. The minimum absolute atomic E-state index is 0.137.